The van der Waals surface area contributed by atoms with Crippen LogP contribution in [0, 0.1) is 5.92 Å². The molecule has 0 aliphatic heterocycles. The number of hydrogen-bond acceptors (Lipinski definition) is 3. The molecule has 0 radical (unpaired) electrons. The number of rotatable bonds is 5. The van der Waals surface area contributed by atoms with Crippen molar-refractivity contribution in [3.8, 4) is 0 Å². The Hall–Kier alpha value is -1.56. The zero-order valence-corrected chi connectivity index (χ0v) is 13.8. The number of sulfone groups is 1. The Bertz CT molecular complexity index is 608. The van der Waals surface area contributed by atoms with Crippen LogP contribution in [0.4, 0.5) is 10.5 Å². The van der Waals surface area contributed by atoms with Gasteiger partial charge in [-0.25, -0.2) is 13.2 Å². The Morgan fingerprint density at radius 3 is 2.64 bits per heavy atom. The van der Waals surface area contributed by atoms with Gasteiger partial charge in [0, 0.05) is 18.5 Å². The number of amides is 2. The molecule has 6 heteroatoms. The first-order chi connectivity index (χ1) is 10.4. The third-order valence-corrected chi connectivity index (χ3v) is 4.75. The van der Waals surface area contributed by atoms with Crippen LogP contribution in [-0.2, 0) is 15.6 Å². The number of hydrogen-bond donors (Lipinski definition) is 2. The van der Waals surface area contributed by atoms with Crippen molar-refractivity contribution in [1.29, 1.82) is 0 Å². The van der Waals surface area contributed by atoms with Crippen LogP contribution in [0.5, 0.6) is 0 Å². The number of carbonyl (C=O) groups is 1. The molecule has 0 aromatic heterocycles. The monoisotopic (exact) mass is 324 g/mol. The van der Waals surface area contributed by atoms with Gasteiger partial charge in [-0.2, -0.15) is 0 Å². The van der Waals surface area contributed by atoms with Crippen molar-refractivity contribution in [2.75, 3.05) is 18.1 Å². The molecule has 0 heterocycles. The average Bonchev–Trinajstić information content (AvgIpc) is 2.45. The maximum absolute atomic E-state index is 11.9. The molecule has 2 rings (SSSR count). The molecule has 1 saturated carbocycles. The van der Waals surface area contributed by atoms with Crippen LogP contribution in [0.25, 0.3) is 0 Å². The quantitative estimate of drug-likeness (QED) is 0.874. The van der Waals surface area contributed by atoms with Crippen LogP contribution < -0.4 is 10.6 Å². The number of urea groups is 1. The van der Waals surface area contributed by atoms with Crippen molar-refractivity contribution in [2.24, 2.45) is 5.92 Å². The van der Waals surface area contributed by atoms with Gasteiger partial charge in [-0.1, -0.05) is 31.4 Å². The second-order valence-corrected chi connectivity index (χ2v) is 8.25. The summed E-state index contributed by atoms with van der Waals surface area (Å²) in [5.41, 5.74) is 1.29. The zero-order valence-electron chi connectivity index (χ0n) is 13.0. The highest BCUT2D eigenvalue weighted by Crippen LogP contribution is 2.22. The van der Waals surface area contributed by atoms with Crippen molar-refractivity contribution in [2.45, 2.75) is 37.9 Å². The van der Waals surface area contributed by atoms with Gasteiger partial charge in [-0.15, -0.1) is 0 Å². The minimum absolute atomic E-state index is 0.0216. The lowest BCUT2D eigenvalue weighted by Gasteiger charge is -2.21. The first-order valence-electron chi connectivity index (χ1n) is 7.74. The van der Waals surface area contributed by atoms with Gasteiger partial charge in [0.15, 0.2) is 9.84 Å². The van der Waals surface area contributed by atoms with E-state index in [1.807, 2.05) is 0 Å². The summed E-state index contributed by atoms with van der Waals surface area (Å²) in [5.74, 6) is 0.558. The van der Waals surface area contributed by atoms with Gasteiger partial charge in [-0.05, 0) is 36.5 Å². The summed E-state index contributed by atoms with van der Waals surface area (Å²) in [6.07, 6.45) is 7.37. The standard InChI is InChI=1S/C16H24N2O3S/c1-22(20,21)12-14-8-5-9-15(10-14)18-16(19)17-11-13-6-3-2-4-7-13/h5,8-10,13H,2-4,6-7,11-12H2,1H3,(H2,17,18,19). The van der Waals surface area contributed by atoms with Crippen LogP contribution in [0.15, 0.2) is 24.3 Å². The topological polar surface area (TPSA) is 75.3 Å². The molecule has 1 aromatic carbocycles. The lowest BCUT2D eigenvalue weighted by Crippen LogP contribution is -2.33. The van der Waals surface area contributed by atoms with Gasteiger partial charge >= 0.3 is 6.03 Å². The van der Waals surface area contributed by atoms with E-state index in [-0.39, 0.29) is 11.8 Å². The van der Waals surface area contributed by atoms with E-state index in [0.29, 0.717) is 23.7 Å². The van der Waals surface area contributed by atoms with Gasteiger partial charge in [0.25, 0.3) is 0 Å². The van der Waals surface area contributed by atoms with Crippen LogP contribution in [-0.4, -0.2) is 27.2 Å². The Kier molecular flexibility index (Phi) is 5.83. The smallest absolute Gasteiger partial charge is 0.319 e. The highest BCUT2D eigenvalue weighted by molar-refractivity contribution is 7.89. The van der Waals surface area contributed by atoms with Gasteiger partial charge in [0.1, 0.15) is 0 Å². The van der Waals surface area contributed by atoms with E-state index in [1.165, 1.54) is 38.4 Å². The average molecular weight is 324 g/mol. The van der Waals surface area contributed by atoms with Crippen molar-refractivity contribution in [1.82, 2.24) is 5.32 Å². The maximum atomic E-state index is 11.9. The summed E-state index contributed by atoms with van der Waals surface area (Å²) < 4.78 is 22.6. The lowest BCUT2D eigenvalue weighted by atomic mass is 9.89. The van der Waals surface area contributed by atoms with Crippen molar-refractivity contribution >= 4 is 21.6 Å². The van der Waals surface area contributed by atoms with Gasteiger partial charge in [0.2, 0.25) is 0 Å². The van der Waals surface area contributed by atoms with Gasteiger partial charge in [-0.3, -0.25) is 0 Å². The lowest BCUT2D eigenvalue weighted by molar-refractivity contribution is 0.247. The Balaban J connectivity index is 1.84. The SMILES string of the molecule is CS(=O)(=O)Cc1cccc(NC(=O)NCC2CCCCC2)c1. The van der Waals surface area contributed by atoms with Crippen LogP contribution in [0.2, 0.25) is 0 Å². The highest BCUT2D eigenvalue weighted by atomic mass is 32.2. The van der Waals surface area contributed by atoms with E-state index in [1.54, 1.807) is 24.3 Å². The molecule has 1 aliphatic carbocycles. The molecule has 0 spiro atoms. The largest absolute Gasteiger partial charge is 0.338 e. The summed E-state index contributed by atoms with van der Waals surface area (Å²) in [7, 11) is -3.08. The first-order valence-corrected chi connectivity index (χ1v) is 9.80. The van der Waals surface area contributed by atoms with E-state index in [9.17, 15) is 13.2 Å². The molecule has 2 amide bonds. The van der Waals surface area contributed by atoms with Gasteiger partial charge in [0.05, 0.1) is 5.75 Å². The molecule has 0 saturated heterocycles. The third-order valence-electron chi connectivity index (χ3n) is 3.89. The maximum Gasteiger partial charge on any atom is 0.319 e. The van der Waals surface area contributed by atoms with Crippen LogP contribution in [0.1, 0.15) is 37.7 Å². The number of benzene rings is 1. The molecule has 0 bridgehead atoms. The summed E-state index contributed by atoms with van der Waals surface area (Å²) >= 11 is 0. The fourth-order valence-electron chi connectivity index (χ4n) is 2.85. The second kappa shape index (κ2) is 7.63. The Labute approximate surface area is 132 Å². The Morgan fingerprint density at radius 1 is 1.23 bits per heavy atom. The fraction of sp³-hybridized carbons (Fsp3) is 0.562. The minimum atomic E-state index is -3.08. The van der Waals surface area contributed by atoms with E-state index < -0.39 is 9.84 Å². The summed E-state index contributed by atoms with van der Waals surface area (Å²) in [6.45, 7) is 0.703. The highest BCUT2D eigenvalue weighted by Gasteiger charge is 2.14. The van der Waals surface area contributed by atoms with Gasteiger partial charge < -0.3 is 10.6 Å². The van der Waals surface area contributed by atoms with E-state index >= 15 is 0 Å². The van der Waals surface area contributed by atoms with Crippen molar-refractivity contribution in [3.63, 3.8) is 0 Å². The minimum Gasteiger partial charge on any atom is -0.338 e. The number of nitrogens with one attached hydrogen (secondary N) is 2. The summed E-state index contributed by atoms with van der Waals surface area (Å²) in [6, 6.07) is 6.71. The second-order valence-electron chi connectivity index (χ2n) is 6.11. The molecule has 0 unspecified atom stereocenters. The molecule has 22 heavy (non-hydrogen) atoms. The molecule has 1 fully saturated rings. The van der Waals surface area contributed by atoms with Crippen LogP contribution in [0.3, 0.4) is 0 Å². The molecular weight excluding hydrogens is 300 g/mol. The molecular formula is C16H24N2O3S. The summed E-state index contributed by atoms with van der Waals surface area (Å²) in [5, 5.41) is 5.66. The number of carbonyl (C=O) groups excluding carboxylic acids is 1. The number of anilines is 1. The van der Waals surface area contributed by atoms with E-state index in [4.69, 9.17) is 0 Å². The predicted octanol–water partition coefficient (Wildman–Crippen LogP) is 2.93. The molecule has 1 aliphatic rings. The zero-order chi connectivity index (χ0) is 16.0. The molecule has 1 aromatic rings. The van der Waals surface area contributed by atoms with Crippen molar-refractivity contribution < 1.29 is 13.2 Å². The van der Waals surface area contributed by atoms with Crippen LogP contribution >= 0.6 is 0 Å². The van der Waals surface area contributed by atoms with E-state index in [2.05, 4.69) is 10.6 Å². The Morgan fingerprint density at radius 2 is 1.95 bits per heavy atom. The molecule has 122 valence electrons. The fourth-order valence-corrected chi connectivity index (χ4v) is 3.63. The third kappa shape index (κ3) is 6.05. The van der Waals surface area contributed by atoms with Crippen molar-refractivity contribution in [3.05, 3.63) is 29.8 Å². The molecule has 5 nitrogen and oxygen atoms in total. The van der Waals surface area contributed by atoms with E-state index in [0.717, 1.165) is 0 Å². The molecule has 0 atom stereocenters. The predicted molar refractivity (Wildman–Crippen MR) is 88.6 cm³/mol. The molecule has 2 N–H and O–H groups in total. The normalized spacial score (nSPS) is 16.2. The summed E-state index contributed by atoms with van der Waals surface area (Å²) in [4.78, 5) is 11.9. The first kappa shape index (κ1) is 16.8.